The molecule has 0 atom stereocenters. The standard InChI is InChI=1S/C15H17NS/c1-11-2-3-12(9-16-14-4-5-14)15(8-11)13-6-7-17-10-13/h2-3,6-8,10,14,16H,4-5,9H2,1H3. The predicted octanol–water partition coefficient (Wildman–Crippen LogP) is 3.98. The Morgan fingerprint density at radius 3 is 2.88 bits per heavy atom. The van der Waals surface area contributed by atoms with Gasteiger partial charge in [-0.1, -0.05) is 23.8 Å². The molecule has 0 aliphatic heterocycles. The van der Waals surface area contributed by atoms with Crippen LogP contribution in [0.25, 0.3) is 11.1 Å². The van der Waals surface area contributed by atoms with Gasteiger partial charge in [-0.2, -0.15) is 11.3 Å². The third kappa shape index (κ3) is 2.59. The number of aryl methyl sites for hydroxylation is 1. The molecule has 1 heterocycles. The van der Waals surface area contributed by atoms with Crippen LogP contribution in [0, 0.1) is 6.92 Å². The van der Waals surface area contributed by atoms with Crippen LogP contribution in [0.3, 0.4) is 0 Å². The van der Waals surface area contributed by atoms with E-state index in [2.05, 4.69) is 47.3 Å². The molecule has 1 saturated carbocycles. The van der Waals surface area contributed by atoms with Crippen LogP contribution in [-0.2, 0) is 6.54 Å². The van der Waals surface area contributed by atoms with Gasteiger partial charge < -0.3 is 5.32 Å². The van der Waals surface area contributed by atoms with E-state index in [0.29, 0.717) is 0 Å². The van der Waals surface area contributed by atoms with Gasteiger partial charge in [0.2, 0.25) is 0 Å². The Morgan fingerprint density at radius 2 is 2.18 bits per heavy atom. The van der Waals surface area contributed by atoms with Crippen molar-refractivity contribution in [2.24, 2.45) is 0 Å². The summed E-state index contributed by atoms with van der Waals surface area (Å²) in [5, 5.41) is 7.98. The molecule has 0 unspecified atom stereocenters. The van der Waals surface area contributed by atoms with Gasteiger partial charge in [0, 0.05) is 12.6 Å². The fourth-order valence-electron chi connectivity index (χ4n) is 2.07. The minimum absolute atomic E-state index is 0.770. The molecule has 2 aromatic rings. The van der Waals surface area contributed by atoms with Gasteiger partial charge in [0.15, 0.2) is 0 Å². The lowest BCUT2D eigenvalue weighted by Gasteiger charge is -2.10. The molecular formula is C15H17NS. The molecule has 17 heavy (non-hydrogen) atoms. The van der Waals surface area contributed by atoms with Crippen LogP contribution < -0.4 is 5.32 Å². The topological polar surface area (TPSA) is 12.0 Å². The first-order valence-electron chi connectivity index (χ1n) is 6.18. The molecule has 3 rings (SSSR count). The van der Waals surface area contributed by atoms with Crippen molar-refractivity contribution in [2.75, 3.05) is 0 Å². The van der Waals surface area contributed by atoms with Crippen molar-refractivity contribution < 1.29 is 0 Å². The number of hydrogen-bond donors (Lipinski definition) is 1. The first-order chi connectivity index (χ1) is 8.33. The molecule has 1 N–H and O–H groups in total. The van der Waals surface area contributed by atoms with Crippen LogP contribution in [0.2, 0.25) is 0 Å². The molecule has 0 amide bonds. The summed E-state index contributed by atoms with van der Waals surface area (Å²) in [4.78, 5) is 0. The summed E-state index contributed by atoms with van der Waals surface area (Å²) in [6.45, 7) is 3.16. The Balaban J connectivity index is 1.89. The molecule has 1 aliphatic rings. The van der Waals surface area contributed by atoms with Crippen molar-refractivity contribution in [1.82, 2.24) is 5.32 Å². The van der Waals surface area contributed by atoms with E-state index >= 15 is 0 Å². The van der Waals surface area contributed by atoms with E-state index in [0.717, 1.165) is 12.6 Å². The molecule has 0 bridgehead atoms. The second kappa shape index (κ2) is 4.63. The highest BCUT2D eigenvalue weighted by Gasteiger charge is 2.20. The van der Waals surface area contributed by atoms with Crippen molar-refractivity contribution in [3.8, 4) is 11.1 Å². The van der Waals surface area contributed by atoms with Gasteiger partial charge in [-0.25, -0.2) is 0 Å². The van der Waals surface area contributed by atoms with Crippen LogP contribution in [0.1, 0.15) is 24.0 Å². The molecule has 0 spiro atoms. The van der Waals surface area contributed by atoms with Gasteiger partial charge in [0.25, 0.3) is 0 Å². The average Bonchev–Trinajstić information content (AvgIpc) is 3.00. The summed E-state index contributed by atoms with van der Waals surface area (Å²) < 4.78 is 0. The number of benzene rings is 1. The van der Waals surface area contributed by atoms with E-state index in [4.69, 9.17) is 0 Å². The molecular weight excluding hydrogens is 226 g/mol. The molecule has 1 aliphatic carbocycles. The molecule has 0 saturated heterocycles. The first kappa shape index (κ1) is 11.0. The highest BCUT2D eigenvalue weighted by molar-refractivity contribution is 7.08. The van der Waals surface area contributed by atoms with E-state index in [1.165, 1.54) is 35.1 Å². The third-order valence-electron chi connectivity index (χ3n) is 3.26. The maximum absolute atomic E-state index is 3.60. The zero-order chi connectivity index (χ0) is 11.7. The number of hydrogen-bond acceptors (Lipinski definition) is 2. The van der Waals surface area contributed by atoms with Gasteiger partial charge in [-0.05, 0) is 53.3 Å². The van der Waals surface area contributed by atoms with Crippen LogP contribution in [0.15, 0.2) is 35.0 Å². The maximum Gasteiger partial charge on any atom is 0.0214 e. The minimum atomic E-state index is 0.770. The second-order valence-corrected chi connectivity index (χ2v) is 5.61. The molecule has 1 aromatic carbocycles. The highest BCUT2D eigenvalue weighted by Crippen LogP contribution is 2.28. The molecule has 88 valence electrons. The van der Waals surface area contributed by atoms with Crippen LogP contribution in [0.5, 0.6) is 0 Å². The summed E-state index contributed by atoms with van der Waals surface area (Å²) in [6.07, 6.45) is 2.69. The van der Waals surface area contributed by atoms with Crippen molar-refractivity contribution in [1.29, 1.82) is 0 Å². The van der Waals surface area contributed by atoms with Gasteiger partial charge in [0.05, 0.1) is 0 Å². The van der Waals surface area contributed by atoms with E-state index in [9.17, 15) is 0 Å². The Morgan fingerprint density at radius 1 is 1.29 bits per heavy atom. The minimum Gasteiger partial charge on any atom is -0.310 e. The number of rotatable bonds is 4. The summed E-state index contributed by atoms with van der Waals surface area (Å²) in [5.41, 5.74) is 5.49. The number of nitrogens with one attached hydrogen (secondary N) is 1. The van der Waals surface area contributed by atoms with E-state index < -0.39 is 0 Å². The molecule has 2 heteroatoms. The molecule has 1 aromatic heterocycles. The number of thiophene rings is 1. The SMILES string of the molecule is Cc1ccc(CNC2CC2)c(-c2ccsc2)c1. The highest BCUT2D eigenvalue weighted by atomic mass is 32.1. The fraction of sp³-hybridized carbons (Fsp3) is 0.333. The normalized spacial score (nSPS) is 15.1. The zero-order valence-electron chi connectivity index (χ0n) is 10.1. The quantitative estimate of drug-likeness (QED) is 0.856. The largest absolute Gasteiger partial charge is 0.310 e. The smallest absolute Gasteiger partial charge is 0.0214 e. The molecule has 1 fully saturated rings. The van der Waals surface area contributed by atoms with Crippen LogP contribution >= 0.6 is 11.3 Å². The third-order valence-corrected chi connectivity index (χ3v) is 3.94. The summed E-state index contributed by atoms with van der Waals surface area (Å²) in [6, 6.07) is 9.75. The predicted molar refractivity (Wildman–Crippen MR) is 74.4 cm³/mol. The maximum atomic E-state index is 3.60. The van der Waals surface area contributed by atoms with Crippen molar-refractivity contribution in [3.05, 3.63) is 46.2 Å². The molecule has 0 radical (unpaired) electrons. The summed E-state index contributed by atoms with van der Waals surface area (Å²) in [5.74, 6) is 0. The molecule has 1 nitrogen and oxygen atoms in total. The lowest BCUT2D eigenvalue weighted by Crippen LogP contribution is -2.15. The Kier molecular flexibility index (Phi) is 3.00. The van der Waals surface area contributed by atoms with Crippen LogP contribution in [0.4, 0.5) is 0 Å². The van der Waals surface area contributed by atoms with E-state index in [-0.39, 0.29) is 0 Å². The second-order valence-electron chi connectivity index (χ2n) is 4.83. The Labute approximate surface area is 106 Å². The van der Waals surface area contributed by atoms with Crippen molar-refractivity contribution in [3.63, 3.8) is 0 Å². The fourth-order valence-corrected chi connectivity index (χ4v) is 2.73. The average molecular weight is 243 g/mol. The summed E-state index contributed by atoms with van der Waals surface area (Å²) >= 11 is 1.77. The van der Waals surface area contributed by atoms with Crippen molar-refractivity contribution >= 4 is 11.3 Å². The first-order valence-corrected chi connectivity index (χ1v) is 7.13. The summed E-state index contributed by atoms with van der Waals surface area (Å²) in [7, 11) is 0. The van der Waals surface area contributed by atoms with Crippen LogP contribution in [-0.4, -0.2) is 6.04 Å². The van der Waals surface area contributed by atoms with Gasteiger partial charge >= 0.3 is 0 Å². The van der Waals surface area contributed by atoms with Gasteiger partial charge in [-0.3, -0.25) is 0 Å². The van der Waals surface area contributed by atoms with E-state index in [1.54, 1.807) is 11.3 Å². The van der Waals surface area contributed by atoms with E-state index in [1.807, 2.05) is 0 Å². The Hall–Kier alpha value is -1.12. The van der Waals surface area contributed by atoms with Gasteiger partial charge in [-0.15, -0.1) is 0 Å². The Bertz CT molecular complexity index is 498. The van der Waals surface area contributed by atoms with Crippen molar-refractivity contribution in [2.45, 2.75) is 32.4 Å². The lowest BCUT2D eigenvalue weighted by molar-refractivity contribution is 0.688. The monoisotopic (exact) mass is 243 g/mol. The lowest BCUT2D eigenvalue weighted by atomic mass is 9.99. The van der Waals surface area contributed by atoms with Gasteiger partial charge in [0.1, 0.15) is 0 Å². The zero-order valence-corrected chi connectivity index (χ0v) is 10.9.